The van der Waals surface area contributed by atoms with E-state index in [0.29, 0.717) is 23.6 Å². The molecule has 0 aliphatic carbocycles. The molecule has 1 N–H and O–H groups in total. The molecule has 5 nitrogen and oxygen atoms in total. The van der Waals surface area contributed by atoms with E-state index in [0.717, 1.165) is 11.1 Å². The van der Waals surface area contributed by atoms with Crippen molar-refractivity contribution in [2.75, 3.05) is 7.11 Å². The molecular formula is C16H15NO4S. The molecule has 2 aromatic rings. The van der Waals surface area contributed by atoms with E-state index < -0.39 is 12.0 Å². The summed E-state index contributed by atoms with van der Waals surface area (Å²) in [5.41, 5.74) is 1.97. The number of ether oxygens (including phenoxy) is 1. The average molecular weight is 317 g/mol. The van der Waals surface area contributed by atoms with Gasteiger partial charge in [0.25, 0.3) is 5.91 Å². The summed E-state index contributed by atoms with van der Waals surface area (Å²) in [6.45, 7) is 0.299. The lowest BCUT2D eigenvalue weighted by molar-refractivity contribution is -0.142. The minimum atomic E-state index is -0.988. The molecule has 1 amide bonds. The first kappa shape index (κ1) is 14.6. The standard InChI is InChI=1S/C16H15NO4S/c1-21-13-6-7-22-14(13)15(18)17-9-11-5-3-2-4-10(11)8-12(17)16(19)20/h2-7,12H,8-9H2,1H3,(H,19,20). The molecule has 0 saturated heterocycles. The number of hydrogen-bond acceptors (Lipinski definition) is 4. The lowest BCUT2D eigenvalue weighted by Crippen LogP contribution is -2.48. The van der Waals surface area contributed by atoms with Gasteiger partial charge in [-0.25, -0.2) is 4.79 Å². The summed E-state index contributed by atoms with van der Waals surface area (Å²) < 4.78 is 5.18. The van der Waals surface area contributed by atoms with Gasteiger partial charge in [-0.2, -0.15) is 0 Å². The fraction of sp³-hybridized carbons (Fsp3) is 0.250. The number of aliphatic carboxylic acids is 1. The van der Waals surface area contributed by atoms with E-state index in [2.05, 4.69) is 0 Å². The minimum Gasteiger partial charge on any atom is -0.495 e. The molecule has 0 saturated carbocycles. The van der Waals surface area contributed by atoms with Gasteiger partial charge in [-0.3, -0.25) is 4.79 Å². The number of hydrogen-bond donors (Lipinski definition) is 1. The first-order valence-corrected chi connectivity index (χ1v) is 7.72. The zero-order chi connectivity index (χ0) is 15.7. The molecular weight excluding hydrogens is 302 g/mol. The third kappa shape index (κ3) is 2.46. The first-order chi connectivity index (χ1) is 10.6. The third-order valence-electron chi connectivity index (χ3n) is 3.84. The lowest BCUT2D eigenvalue weighted by atomic mass is 9.94. The SMILES string of the molecule is COc1ccsc1C(=O)N1Cc2ccccc2CC1C(=O)O. The molecule has 22 heavy (non-hydrogen) atoms. The van der Waals surface area contributed by atoms with Gasteiger partial charge in [-0.15, -0.1) is 11.3 Å². The molecule has 3 rings (SSSR count). The molecule has 2 heterocycles. The smallest absolute Gasteiger partial charge is 0.326 e. The second-order valence-corrected chi connectivity index (χ2v) is 5.99. The van der Waals surface area contributed by atoms with E-state index in [4.69, 9.17) is 4.74 Å². The van der Waals surface area contributed by atoms with Gasteiger partial charge in [-0.05, 0) is 22.6 Å². The highest BCUT2D eigenvalue weighted by atomic mass is 32.1. The molecule has 1 atom stereocenters. The maximum atomic E-state index is 12.8. The number of benzene rings is 1. The van der Waals surface area contributed by atoms with E-state index in [1.165, 1.54) is 23.3 Å². The van der Waals surface area contributed by atoms with Crippen molar-refractivity contribution >= 4 is 23.2 Å². The Balaban J connectivity index is 1.97. The molecule has 114 valence electrons. The van der Waals surface area contributed by atoms with E-state index in [9.17, 15) is 14.7 Å². The van der Waals surface area contributed by atoms with Crippen LogP contribution in [0.3, 0.4) is 0 Å². The van der Waals surface area contributed by atoms with Gasteiger partial charge in [-0.1, -0.05) is 24.3 Å². The van der Waals surface area contributed by atoms with Crippen molar-refractivity contribution in [2.45, 2.75) is 19.0 Å². The number of nitrogens with zero attached hydrogens (tertiary/aromatic N) is 1. The second-order valence-electron chi connectivity index (χ2n) is 5.08. The van der Waals surface area contributed by atoms with Crippen molar-refractivity contribution in [1.82, 2.24) is 4.90 Å². The van der Waals surface area contributed by atoms with Crippen LogP contribution in [-0.4, -0.2) is 35.0 Å². The van der Waals surface area contributed by atoms with Crippen LogP contribution in [0.1, 0.15) is 20.8 Å². The number of fused-ring (bicyclic) bond motifs is 1. The van der Waals surface area contributed by atoms with Crippen LogP contribution in [0.15, 0.2) is 35.7 Å². The lowest BCUT2D eigenvalue weighted by Gasteiger charge is -2.34. The molecule has 1 aromatic carbocycles. The Kier molecular flexibility index (Phi) is 3.85. The summed E-state index contributed by atoms with van der Waals surface area (Å²) in [6, 6.07) is 8.49. The summed E-state index contributed by atoms with van der Waals surface area (Å²) in [7, 11) is 1.50. The van der Waals surface area contributed by atoms with Gasteiger partial charge >= 0.3 is 5.97 Å². The third-order valence-corrected chi connectivity index (χ3v) is 4.72. The minimum absolute atomic E-state index is 0.297. The monoisotopic (exact) mass is 317 g/mol. The highest BCUT2D eigenvalue weighted by Gasteiger charge is 2.36. The quantitative estimate of drug-likeness (QED) is 0.944. The van der Waals surface area contributed by atoms with Crippen LogP contribution < -0.4 is 4.74 Å². The van der Waals surface area contributed by atoms with Crippen LogP contribution in [-0.2, 0) is 17.8 Å². The van der Waals surface area contributed by atoms with Crippen LogP contribution in [0.25, 0.3) is 0 Å². The zero-order valence-corrected chi connectivity index (χ0v) is 12.8. The second kappa shape index (κ2) is 5.81. The molecule has 0 radical (unpaired) electrons. The van der Waals surface area contributed by atoms with Gasteiger partial charge in [0.15, 0.2) is 0 Å². The van der Waals surface area contributed by atoms with Crippen LogP contribution in [0.4, 0.5) is 0 Å². The van der Waals surface area contributed by atoms with Crippen LogP contribution in [0, 0.1) is 0 Å². The Morgan fingerprint density at radius 1 is 1.27 bits per heavy atom. The molecule has 0 bridgehead atoms. The number of carbonyl (C=O) groups is 2. The Bertz CT molecular complexity index is 724. The number of carboxylic acids is 1. The van der Waals surface area contributed by atoms with Crippen LogP contribution in [0.5, 0.6) is 5.75 Å². The summed E-state index contributed by atoms with van der Waals surface area (Å²) >= 11 is 1.26. The maximum absolute atomic E-state index is 12.8. The molecule has 0 spiro atoms. The Labute approximate surface area is 131 Å². The van der Waals surface area contributed by atoms with Crippen molar-refractivity contribution in [3.63, 3.8) is 0 Å². The number of methoxy groups -OCH3 is 1. The number of carbonyl (C=O) groups excluding carboxylic acids is 1. The van der Waals surface area contributed by atoms with Gasteiger partial charge < -0.3 is 14.7 Å². The predicted molar refractivity (Wildman–Crippen MR) is 82.3 cm³/mol. The number of thiophene rings is 1. The molecule has 1 aliphatic rings. The highest BCUT2D eigenvalue weighted by molar-refractivity contribution is 7.12. The topological polar surface area (TPSA) is 66.8 Å². The molecule has 0 fully saturated rings. The fourth-order valence-electron chi connectivity index (χ4n) is 2.70. The van der Waals surface area contributed by atoms with Gasteiger partial charge in [0, 0.05) is 13.0 Å². The van der Waals surface area contributed by atoms with E-state index >= 15 is 0 Å². The fourth-order valence-corrected chi connectivity index (χ4v) is 3.51. The van der Waals surface area contributed by atoms with Gasteiger partial charge in [0.1, 0.15) is 16.7 Å². The largest absolute Gasteiger partial charge is 0.495 e. The number of rotatable bonds is 3. The predicted octanol–water partition coefficient (Wildman–Crippen LogP) is 2.41. The van der Waals surface area contributed by atoms with Crippen molar-refractivity contribution in [1.29, 1.82) is 0 Å². The first-order valence-electron chi connectivity index (χ1n) is 6.84. The van der Waals surface area contributed by atoms with E-state index in [1.807, 2.05) is 24.3 Å². The number of amides is 1. The zero-order valence-electron chi connectivity index (χ0n) is 12.0. The molecule has 1 aliphatic heterocycles. The van der Waals surface area contributed by atoms with Gasteiger partial charge in [0.2, 0.25) is 0 Å². The molecule has 1 unspecified atom stereocenters. The molecule has 1 aromatic heterocycles. The number of carboxylic acid groups (broad SMARTS) is 1. The molecule has 6 heteroatoms. The van der Waals surface area contributed by atoms with Gasteiger partial charge in [0.05, 0.1) is 7.11 Å². The maximum Gasteiger partial charge on any atom is 0.326 e. The Morgan fingerprint density at radius 2 is 2.00 bits per heavy atom. The Hall–Kier alpha value is -2.34. The van der Waals surface area contributed by atoms with E-state index in [-0.39, 0.29) is 5.91 Å². The average Bonchev–Trinajstić information content (AvgIpc) is 3.01. The van der Waals surface area contributed by atoms with Crippen molar-refractivity contribution in [3.8, 4) is 5.75 Å². The van der Waals surface area contributed by atoms with Crippen LogP contribution >= 0.6 is 11.3 Å². The van der Waals surface area contributed by atoms with Crippen molar-refractivity contribution in [3.05, 3.63) is 51.7 Å². The normalized spacial score (nSPS) is 17.0. The summed E-state index contributed by atoms with van der Waals surface area (Å²) in [4.78, 5) is 26.2. The summed E-state index contributed by atoms with van der Waals surface area (Å²) in [5.74, 6) is -0.801. The Morgan fingerprint density at radius 3 is 2.68 bits per heavy atom. The van der Waals surface area contributed by atoms with Crippen LogP contribution in [0.2, 0.25) is 0 Å². The summed E-state index contributed by atoms with van der Waals surface area (Å²) in [5, 5.41) is 11.2. The summed E-state index contributed by atoms with van der Waals surface area (Å²) in [6.07, 6.45) is 0.324. The highest BCUT2D eigenvalue weighted by Crippen LogP contribution is 2.30. The van der Waals surface area contributed by atoms with E-state index in [1.54, 1.807) is 11.4 Å². The van der Waals surface area contributed by atoms with Crippen molar-refractivity contribution in [2.24, 2.45) is 0 Å². The van der Waals surface area contributed by atoms with Crippen molar-refractivity contribution < 1.29 is 19.4 Å².